The minimum atomic E-state index is -0.429. The van der Waals surface area contributed by atoms with E-state index in [1.54, 1.807) is 12.1 Å². The van der Waals surface area contributed by atoms with Gasteiger partial charge >= 0.3 is 0 Å². The van der Waals surface area contributed by atoms with Gasteiger partial charge in [-0.1, -0.05) is 12.1 Å². The Balaban J connectivity index is 2.42. The van der Waals surface area contributed by atoms with Crippen LogP contribution in [0.25, 0.3) is 6.08 Å². The molecule has 0 aromatic heterocycles. The molecule has 2 amide bonds. The van der Waals surface area contributed by atoms with E-state index in [4.69, 9.17) is 12.2 Å². The van der Waals surface area contributed by atoms with Crippen LogP contribution >= 0.6 is 12.2 Å². The molecule has 0 bridgehead atoms. The number of carbonyl (C=O) groups is 2. The van der Waals surface area contributed by atoms with Gasteiger partial charge in [0.15, 0.2) is 5.11 Å². The van der Waals surface area contributed by atoms with E-state index in [1.165, 1.54) is 42.1 Å². The topological polar surface area (TPSA) is 60.9 Å². The molecule has 1 aliphatic heterocycles. The molecule has 19 heavy (non-hydrogen) atoms. The van der Waals surface area contributed by atoms with Crippen LogP contribution in [0.2, 0.25) is 0 Å². The van der Waals surface area contributed by atoms with E-state index in [0.29, 0.717) is 5.56 Å². The van der Waals surface area contributed by atoms with E-state index in [9.17, 15) is 14.7 Å². The van der Waals surface area contributed by atoms with Crippen LogP contribution in [-0.2, 0) is 9.59 Å². The molecule has 1 aromatic rings. The van der Waals surface area contributed by atoms with Crippen molar-refractivity contribution in [2.45, 2.75) is 0 Å². The van der Waals surface area contributed by atoms with Crippen LogP contribution in [0.3, 0.4) is 0 Å². The molecule has 0 unspecified atom stereocenters. The summed E-state index contributed by atoms with van der Waals surface area (Å²) >= 11 is 4.99. The molecular formula is C13H12N2O3S. The minimum Gasteiger partial charge on any atom is -0.508 e. The zero-order valence-corrected chi connectivity index (χ0v) is 11.3. The molecule has 0 radical (unpaired) electrons. The summed E-state index contributed by atoms with van der Waals surface area (Å²) in [5, 5.41) is 9.38. The average Bonchev–Trinajstić information content (AvgIpc) is 2.41. The number of likely N-dealkylation sites (N-methyl/N-ethyl adjacent to an activating group) is 2. The summed E-state index contributed by atoms with van der Waals surface area (Å²) in [7, 11) is 3.05. The van der Waals surface area contributed by atoms with Crippen LogP contribution in [0, 0.1) is 0 Å². The predicted molar refractivity (Wildman–Crippen MR) is 74.2 cm³/mol. The number of benzene rings is 1. The first kappa shape index (κ1) is 13.2. The van der Waals surface area contributed by atoms with E-state index >= 15 is 0 Å². The molecule has 1 aliphatic rings. The highest BCUT2D eigenvalue weighted by molar-refractivity contribution is 7.80. The smallest absolute Gasteiger partial charge is 0.265 e. The molecule has 0 atom stereocenters. The Labute approximate surface area is 115 Å². The lowest BCUT2D eigenvalue weighted by molar-refractivity contribution is -0.132. The van der Waals surface area contributed by atoms with Gasteiger partial charge in [0.25, 0.3) is 11.8 Å². The van der Waals surface area contributed by atoms with Gasteiger partial charge in [-0.15, -0.1) is 0 Å². The van der Waals surface area contributed by atoms with Crippen LogP contribution in [0.5, 0.6) is 5.75 Å². The molecule has 0 aliphatic carbocycles. The molecule has 1 aromatic carbocycles. The molecule has 6 heteroatoms. The maximum absolute atomic E-state index is 12.0. The minimum absolute atomic E-state index is 0.0456. The van der Waals surface area contributed by atoms with E-state index < -0.39 is 11.8 Å². The number of amides is 2. The number of nitrogens with zero attached hydrogens (tertiary/aromatic N) is 2. The second kappa shape index (κ2) is 4.81. The standard InChI is InChI=1S/C13H12N2O3S/c1-14-11(17)10(12(18)15(2)13(14)19)7-8-3-5-9(16)6-4-8/h3-7,16H,1-2H3. The van der Waals surface area contributed by atoms with Crippen molar-refractivity contribution in [3.8, 4) is 5.75 Å². The highest BCUT2D eigenvalue weighted by Crippen LogP contribution is 2.19. The first-order chi connectivity index (χ1) is 8.91. The zero-order valence-electron chi connectivity index (χ0n) is 10.5. The summed E-state index contributed by atoms with van der Waals surface area (Å²) in [4.78, 5) is 26.6. The van der Waals surface area contributed by atoms with Gasteiger partial charge in [0.1, 0.15) is 11.3 Å². The van der Waals surface area contributed by atoms with Gasteiger partial charge in [-0.3, -0.25) is 19.4 Å². The predicted octanol–water partition coefficient (Wildman–Crippen LogP) is 0.991. The van der Waals surface area contributed by atoms with E-state index in [2.05, 4.69) is 0 Å². The molecule has 0 spiro atoms. The van der Waals surface area contributed by atoms with Gasteiger partial charge in [-0.05, 0) is 36.0 Å². The average molecular weight is 276 g/mol. The molecule has 0 saturated carbocycles. The van der Waals surface area contributed by atoms with Crippen LogP contribution in [-0.4, -0.2) is 45.9 Å². The zero-order chi connectivity index (χ0) is 14.2. The SMILES string of the molecule is CN1C(=O)C(=Cc2ccc(O)cc2)C(=O)N(C)C1=S. The van der Waals surface area contributed by atoms with Crippen LogP contribution < -0.4 is 0 Å². The summed E-state index contributed by atoms with van der Waals surface area (Å²) in [6.07, 6.45) is 1.48. The molecule has 5 nitrogen and oxygen atoms in total. The third-order valence-electron chi connectivity index (χ3n) is 2.85. The highest BCUT2D eigenvalue weighted by atomic mass is 32.1. The van der Waals surface area contributed by atoms with Crippen LogP contribution in [0.15, 0.2) is 29.8 Å². The number of phenols is 1. The number of phenolic OH excluding ortho intramolecular Hbond substituents is 1. The van der Waals surface area contributed by atoms with E-state index in [1.807, 2.05) is 0 Å². The Kier molecular flexibility index (Phi) is 3.35. The Bertz CT molecular complexity index is 566. The summed E-state index contributed by atoms with van der Waals surface area (Å²) in [6.45, 7) is 0. The Morgan fingerprint density at radius 3 is 2.00 bits per heavy atom. The second-order valence-electron chi connectivity index (χ2n) is 4.16. The van der Waals surface area contributed by atoms with Crippen molar-refractivity contribution in [1.29, 1.82) is 0 Å². The number of carbonyl (C=O) groups excluding carboxylic acids is 2. The fourth-order valence-corrected chi connectivity index (χ4v) is 1.88. The fraction of sp³-hybridized carbons (Fsp3) is 0.154. The third-order valence-corrected chi connectivity index (χ3v) is 3.40. The second-order valence-corrected chi connectivity index (χ2v) is 4.53. The molecule has 98 valence electrons. The maximum atomic E-state index is 12.0. The van der Waals surface area contributed by atoms with Gasteiger partial charge in [0.2, 0.25) is 0 Å². The Morgan fingerprint density at radius 2 is 1.53 bits per heavy atom. The first-order valence-corrected chi connectivity index (χ1v) is 5.93. The molecular weight excluding hydrogens is 264 g/mol. The number of rotatable bonds is 1. The quantitative estimate of drug-likeness (QED) is 0.472. The fourth-order valence-electron chi connectivity index (χ4n) is 1.71. The van der Waals surface area contributed by atoms with E-state index in [-0.39, 0.29) is 16.4 Å². The normalized spacial score (nSPS) is 16.1. The number of aromatic hydroxyl groups is 1. The van der Waals surface area contributed by atoms with Crippen LogP contribution in [0.1, 0.15) is 5.56 Å². The highest BCUT2D eigenvalue weighted by Gasteiger charge is 2.35. The van der Waals surface area contributed by atoms with Crippen molar-refractivity contribution in [3.05, 3.63) is 35.4 Å². The number of hydrogen-bond acceptors (Lipinski definition) is 4. The largest absolute Gasteiger partial charge is 0.508 e. The third kappa shape index (κ3) is 2.34. The summed E-state index contributed by atoms with van der Waals surface area (Å²) in [5.74, 6) is -0.735. The van der Waals surface area contributed by atoms with Crippen molar-refractivity contribution in [3.63, 3.8) is 0 Å². The van der Waals surface area contributed by atoms with Crippen molar-refractivity contribution < 1.29 is 14.7 Å². The lowest BCUT2D eigenvalue weighted by Gasteiger charge is -2.31. The van der Waals surface area contributed by atoms with Gasteiger partial charge < -0.3 is 5.11 Å². The molecule has 1 heterocycles. The number of thiocarbonyl (C=S) groups is 1. The monoisotopic (exact) mass is 276 g/mol. The van der Waals surface area contributed by atoms with Gasteiger partial charge in [-0.25, -0.2) is 0 Å². The van der Waals surface area contributed by atoms with E-state index in [0.717, 1.165) is 0 Å². The summed E-state index contributed by atoms with van der Waals surface area (Å²) in [5.41, 5.74) is 0.702. The van der Waals surface area contributed by atoms with Crippen LogP contribution in [0.4, 0.5) is 0 Å². The maximum Gasteiger partial charge on any atom is 0.265 e. The summed E-state index contributed by atoms with van der Waals surface area (Å²) < 4.78 is 0. The Hall–Kier alpha value is -2.21. The molecule has 2 rings (SSSR count). The van der Waals surface area contributed by atoms with Crippen molar-refractivity contribution in [1.82, 2.24) is 9.80 Å². The van der Waals surface area contributed by atoms with Gasteiger partial charge in [0, 0.05) is 14.1 Å². The lowest BCUT2D eigenvalue weighted by Crippen LogP contribution is -2.52. The van der Waals surface area contributed by atoms with Crippen molar-refractivity contribution >= 4 is 35.2 Å². The summed E-state index contributed by atoms with van der Waals surface area (Å²) in [6, 6.07) is 6.22. The lowest BCUT2D eigenvalue weighted by atomic mass is 10.1. The molecule has 1 fully saturated rings. The van der Waals surface area contributed by atoms with Crippen molar-refractivity contribution in [2.75, 3.05) is 14.1 Å². The molecule has 1 N–H and O–H groups in total. The molecule has 1 saturated heterocycles. The first-order valence-electron chi connectivity index (χ1n) is 5.52. The Morgan fingerprint density at radius 1 is 1.05 bits per heavy atom. The van der Waals surface area contributed by atoms with Crippen molar-refractivity contribution in [2.24, 2.45) is 0 Å². The van der Waals surface area contributed by atoms with Gasteiger partial charge in [0.05, 0.1) is 0 Å². The number of hydrogen-bond donors (Lipinski definition) is 1. The van der Waals surface area contributed by atoms with Gasteiger partial charge in [-0.2, -0.15) is 0 Å².